The first kappa shape index (κ1) is 27.0. The second kappa shape index (κ2) is 10.2. The van der Waals surface area contributed by atoms with Crippen LogP contribution in [0.4, 0.5) is 26.1 Å². The summed E-state index contributed by atoms with van der Waals surface area (Å²) in [4.78, 5) is 38.3. The van der Waals surface area contributed by atoms with Gasteiger partial charge in [0.1, 0.15) is 30.0 Å². The summed E-state index contributed by atoms with van der Waals surface area (Å²) < 4.78 is 44.3. The van der Waals surface area contributed by atoms with Crippen molar-refractivity contribution in [2.24, 2.45) is 5.73 Å². The van der Waals surface area contributed by atoms with Gasteiger partial charge in [0.2, 0.25) is 0 Å². The van der Waals surface area contributed by atoms with Crippen molar-refractivity contribution < 1.29 is 32.6 Å². The van der Waals surface area contributed by atoms with E-state index in [9.17, 15) is 18.4 Å². The maximum Gasteiger partial charge on any atom is 0.271 e. The smallest absolute Gasteiger partial charge is 0.271 e. The number of hydrogen-bond donors (Lipinski definition) is 2. The summed E-state index contributed by atoms with van der Waals surface area (Å²) in [5.74, 6) is -4.09. The van der Waals surface area contributed by atoms with Crippen LogP contribution in [0.5, 0.6) is 5.75 Å². The second-order valence-electron chi connectivity index (χ2n) is 10.6. The van der Waals surface area contributed by atoms with E-state index in [4.69, 9.17) is 19.9 Å². The van der Waals surface area contributed by atoms with E-state index >= 15 is 0 Å². The van der Waals surface area contributed by atoms with Gasteiger partial charge in [-0.2, -0.15) is 0 Å². The number of ether oxygens (including phenoxy) is 3. The van der Waals surface area contributed by atoms with Crippen LogP contribution in [0.3, 0.4) is 0 Å². The number of nitrogens with one attached hydrogen (secondary N) is 1. The molecule has 0 unspecified atom stereocenters. The number of nitrogens with zero attached hydrogens (tertiary/aromatic N) is 4. The molecule has 0 aliphatic carbocycles. The molecule has 2 aromatic rings. The normalized spacial score (nSPS) is 21.9. The van der Waals surface area contributed by atoms with Crippen molar-refractivity contribution in [1.82, 2.24) is 15.3 Å². The van der Waals surface area contributed by atoms with Crippen LogP contribution in [0.1, 0.15) is 54.5 Å². The first-order valence-electron chi connectivity index (χ1n) is 12.9. The number of piperidine rings is 1. The molecule has 0 saturated carbocycles. The van der Waals surface area contributed by atoms with Gasteiger partial charge in [-0.05, 0) is 38.8 Å². The van der Waals surface area contributed by atoms with Crippen LogP contribution in [0.25, 0.3) is 0 Å². The maximum atomic E-state index is 13.4. The van der Waals surface area contributed by atoms with Crippen LogP contribution in [-0.2, 0) is 9.47 Å². The number of nitrogens with two attached hydrogens (primary N) is 1. The quantitative estimate of drug-likeness (QED) is 0.513. The predicted octanol–water partition coefficient (Wildman–Crippen LogP) is 2.61. The molecule has 3 N–H and O–H groups in total. The number of amides is 2. The summed E-state index contributed by atoms with van der Waals surface area (Å²) in [5.41, 5.74) is 5.74. The molecular formula is C26H32F2N6O5. The molecule has 0 radical (unpaired) electrons. The van der Waals surface area contributed by atoms with Gasteiger partial charge >= 0.3 is 0 Å². The van der Waals surface area contributed by atoms with E-state index in [0.717, 1.165) is 19.4 Å². The molecular weight excluding hydrogens is 514 g/mol. The standard InChI is InChI=1S/C26H32F2N6O5/c1-25(2)38-13-17(39-25)12-37-16-6-7-30-20(9-16)34-15-5-4-8-33(11-15)19-10-18(22(29)35)21(32-23(19)34)24(36)31-14-26(3,27)28/h6-7,9-10,15,17H,4-5,8,11-14H2,1-3H3,(H2,29,35)(H,31,36)/t15-,17-/m0/s1. The number of rotatable bonds is 8. The van der Waals surface area contributed by atoms with Crippen molar-refractivity contribution >= 4 is 29.1 Å². The SMILES string of the molecule is CC(F)(F)CNC(=O)c1nc2c(cc1C(N)=O)N1CCC[C@@H](C1)N2c1cc(OC[C@H]2COC(C)(C)O2)ccn1. The van der Waals surface area contributed by atoms with Crippen molar-refractivity contribution in [3.63, 3.8) is 0 Å². The maximum absolute atomic E-state index is 13.4. The van der Waals surface area contributed by atoms with Crippen molar-refractivity contribution in [1.29, 1.82) is 0 Å². The Morgan fingerprint density at radius 1 is 1.33 bits per heavy atom. The van der Waals surface area contributed by atoms with Gasteiger partial charge in [0, 0.05) is 32.3 Å². The molecule has 210 valence electrons. The molecule has 3 aliphatic heterocycles. The first-order chi connectivity index (χ1) is 18.4. The average molecular weight is 547 g/mol. The monoisotopic (exact) mass is 546 g/mol. The number of pyridine rings is 2. The van der Waals surface area contributed by atoms with Crippen LogP contribution in [0, 0.1) is 0 Å². The highest BCUT2D eigenvalue weighted by molar-refractivity contribution is 6.07. The van der Waals surface area contributed by atoms with Gasteiger partial charge in [-0.25, -0.2) is 18.7 Å². The molecule has 0 aromatic carbocycles. The molecule has 2 atom stereocenters. The predicted molar refractivity (Wildman–Crippen MR) is 138 cm³/mol. The molecule has 2 aromatic heterocycles. The highest BCUT2D eigenvalue weighted by Crippen LogP contribution is 2.43. The summed E-state index contributed by atoms with van der Waals surface area (Å²) in [7, 11) is 0. The summed E-state index contributed by atoms with van der Waals surface area (Å²) in [6.45, 7) is 5.56. The molecule has 5 heterocycles. The average Bonchev–Trinajstić information content (AvgIpc) is 3.24. The fourth-order valence-corrected chi connectivity index (χ4v) is 5.09. The van der Waals surface area contributed by atoms with Gasteiger partial charge in [-0.15, -0.1) is 0 Å². The molecule has 0 spiro atoms. The number of alkyl halides is 2. The van der Waals surface area contributed by atoms with Crippen LogP contribution < -0.4 is 25.6 Å². The third kappa shape index (κ3) is 5.88. The number of aromatic nitrogens is 2. The largest absolute Gasteiger partial charge is 0.491 e. The van der Waals surface area contributed by atoms with E-state index in [1.54, 1.807) is 18.3 Å². The molecule has 2 fully saturated rings. The Bertz CT molecular complexity index is 1270. The van der Waals surface area contributed by atoms with E-state index < -0.39 is 30.1 Å². The molecule has 2 amide bonds. The fraction of sp³-hybridized carbons (Fsp3) is 0.538. The van der Waals surface area contributed by atoms with Gasteiger partial charge in [0.25, 0.3) is 17.7 Å². The van der Waals surface area contributed by atoms with Crippen LogP contribution in [0.15, 0.2) is 24.4 Å². The summed E-state index contributed by atoms with van der Waals surface area (Å²) >= 11 is 0. The Labute approximate surface area is 224 Å². The molecule has 2 bridgehead atoms. The second-order valence-corrected chi connectivity index (χ2v) is 10.6. The Kier molecular flexibility index (Phi) is 7.06. The molecule has 5 rings (SSSR count). The lowest BCUT2D eigenvalue weighted by Gasteiger charge is -2.46. The minimum Gasteiger partial charge on any atom is -0.491 e. The van der Waals surface area contributed by atoms with Crippen molar-refractivity contribution in [2.45, 2.75) is 57.5 Å². The van der Waals surface area contributed by atoms with E-state index in [2.05, 4.69) is 20.2 Å². The van der Waals surface area contributed by atoms with Gasteiger partial charge in [0.15, 0.2) is 11.6 Å². The van der Waals surface area contributed by atoms with Crippen molar-refractivity contribution in [3.8, 4) is 5.75 Å². The minimum atomic E-state index is -3.14. The number of carbonyl (C=O) groups is 2. The molecule has 39 heavy (non-hydrogen) atoms. The molecule has 13 heteroatoms. The van der Waals surface area contributed by atoms with E-state index in [1.165, 1.54) is 6.07 Å². The Hall–Kier alpha value is -3.58. The number of carbonyl (C=O) groups excluding carboxylic acids is 2. The van der Waals surface area contributed by atoms with Gasteiger partial charge in [-0.1, -0.05) is 0 Å². The highest BCUT2D eigenvalue weighted by atomic mass is 19.3. The van der Waals surface area contributed by atoms with Gasteiger partial charge in [-0.3, -0.25) is 9.59 Å². The van der Waals surface area contributed by atoms with Crippen molar-refractivity contribution in [2.75, 3.05) is 42.6 Å². The van der Waals surface area contributed by atoms with Crippen LogP contribution >= 0.6 is 0 Å². The Morgan fingerprint density at radius 2 is 2.13 bits per heavy atom. The number of fused-ring (bicyclic) bond motifs is 4. The first-order valence-corrected chi connectivity index (χ1v) is 12.9. The lowest BCUT2D eigenvalue weighted by atomic mass is 9.98. The fourth-order valence-electron chi connectivity index (χ4n) is 5.09. The third-order valence-electron chi connectivity index (χ3n) is 6.82. The highest BCUT2D eigenvalue weighted by Gasteiger charge is 2.39. The zero-order valence-corrected chi connectivity index (χ0v) is 22.1. The third-order valence-corrected chi connectivity index (χ3v) is 6.82. The number of primary amides is 1. The van der Waals surface area contributed by atoms with E-state index in [0.29, 0.717) is 43.1 Å². The number of hydrogen-bond acceptors (Lipinski definition) is 9. The molecule has 2 saturated heterocycles. The number of halogens is 2. The zero-order valence-electron chi connectivity index (χ0n) is 22.1. The molecule has 11 nitrogen and oxygen atoms in total. The Balaban J connectivity index is 1.48. The van der Waals surface area contributed by atoms with Crippen molar-refractivity contribution in [3.05, 3.63) is 35.7 Å². The molecule has 3 aliphatic rings. The lowest BCUT2D eigenvalue weighted by Crippen LogP contribution is -2.51. The lowest BCUT2D eigenvalue weighted by molar-refractivity contribution is -0.141. The summed E-state index contributed by atoms with van der Waals surface area (Å²) in [6.07, 6.45) is 3.13. The summed E-state index contributed by atoms with van der Waals surface area (Å²) in [6, 6.07) is 4.99. The van der Waals surface area contributed by atoms with Gasteiger partial charge < -0.3 is 35.1 Å². The minimum absolute atomic E-state index is 0.0239. The number of anilines is 3. The topological polar surface area (TPSA) is 132 Å². The Morgan fingerprint density at radius 3 is 2.82 bits per heavy atom. The van der Waals surface area contributed by atoms with E-state index in [-0.39, 0.29) is 30.0 Å². The van der Waals surface area contributed by atoms with E-state index in [1.807, 2.05) is 18.7 Å². The zero-order chi connectivity index (χ0) is 27.9. The van der Waals surface area contributed by atoms with Crippen LogP contribution in [-0.4, -0.2) is 78.5 Å². The van der Waals surface area contributed by atoms with Crippen LogP contribution in [0.2, 0.25) is 0 Å². The van der Waals surface area contributed by atoms with Gasteiger partial charge in [0.05, 0.1) is 30.4 Å². The summed E-state index contributed by atoms with van der Waals surface area (Å²) in [5, 5.41) is 2.16.